The third-order valence-electron chi connectivity index (χ3n) is 3.01. The van der Waals surface area contributed by atoms with Crippen LogP contribution in [0.1, 0.15) is 84.0 Å². The van der Waals surface area contributed by atoms with Gasteiger partial charge in [-0.3, -0.25) is 0 Å². The van der Waals surface area contributed by atoms with Crippen LogP contribution in [0.5, 0.6) is 0 Å². The summed E-state index contributed by atoms with van der Waals surface area (Å²) >= 11 is 0. The molecule has 0 bridgehead atoms. The maximum absolute atomic E-state index is 3.74. The van der Waals surface area contributed by atoms with Gasteiger partial charge in [0.15, 0.2) is 0 Å². The largest absolute Gasteiger partial charge is 0.103 e. The molecule has 16 heavy (non-hydrogen) atoms. The van der Waals surface area contributed by atoms with E-state index in [4.69, 9.17) is 0 Å². The second-order valence-corrected chi connectivity index (χ2v) is 4.61. The van der Waals surface area contributed by atoms with Crippen LogP contribution in [0.2, 0.25) is 0 Å². The standard InChI is InChI=1S/C15H30.Se/c1-3-5-7-9-11-13-15-14-12-10-8-6-4-2;/h3H,1,4-15H2,2H3;. The van der Waals surface area contributed by atoms with E-state index < -0.39 is 0 Å². The summed E-state index contributed by atoms with van der Waals surface area (Å²) in [4.78, 5) is 0. The minimum atomic E-state index is 0. The molecule has 2 radical (unpaired) electrons. The van der Waals surface area contributed by atoms with Crippen molar-refractivity contribution < 1.29 is 0 Å². The normalized spacial score (nSPS) is 9.81. The van der Waals surface area contributed by atoms with Crippen LogP contribution >= 0.6 is 0 Å². The van der Waals surface area contributed by atoms with Gasteiger partial charge < -0.3 is 0 Å². The van der Waals surface area contributed by atoms with Crippen molar-refractivity contribution in [2.45, 2.75) is 84.0 Å². The maximum atomic E-state index is 3.74. The average Bonchev–Trinajstić information content (AvgIpc) is 2.26. The summed E-state index contributed by atoms with van der Waals surface area (Å²) in [5.74, 6) is 0. The Labute approximate surface area is 114 Å². The van der Waals surface area contributed by atoms with Crippen LogP contribution in [0.25, 0.3) is 0 Å². The van der Waals surface area contributed by atoms with Crippen molar-refractivity contribution in [1.82, 2.24) is 0 Å². The Morgan fingerprint density at radius 1 is 0.688 bits per heavy atom. The van der Waals surface area contributed by atoms with Gasteiger partial charge >= 0.3 is 0 Å². The number of hydrogen-bond acceptors (Lipinski definition) is 0. The molecule has 0 aliphatic rings. The van der Waals surface area contributed by atoms with Crippen molar-refractivity contribution in [3.8, 4) is 0 Å². The van der Waals surface area contributed by atoms with Crippen molar-refractivity contribution in [3.63, 3.8) is 0 Å². The fourth-order valence-electron chi connectivity index (χ4n) is 1.95. The Balaban J connectivity index is 0. The number of hydrogen-bond donors (Lipinski definition) is 0. The molecule has 0 N–H and O–H groups in total. The van der Waals surface area contributed by atoms with E-state index in [1.54, 1.807) is 0 Å². The van der Waals surface area contributed by atoms with Crippen LogP contribution in [0.3, 0.4) is 0 Å². The van der Waals surface area contributed by atoms with E-state index in [-0.39, 0.29) is 17.1 Å². The van der Waals surface area contributed by atoms with Gasteiger partial charge in [-0.25, -0.2) is 0 Å². The summed E-state index contributed by atoms with van der Waals surface area (Å²) in [6.07, 6.45) is 19.0. The van der Waals surface area contributed by atoms with Crippen molar-refractivity contribution in [1.29, 1.82) is 0 Å². The summed E-state index contributed by atoms with van der Waals surface area (Å²) in [6.45, 7) is 6.02. The molecule has 0 aliphatic heterocycles. The Kier molecular flexibility index (Phi) is 20.5. The second kappa shape index (κ2) is 17.6. The zero-order chi connectivity index (χ0) is 11.2. The minimum absolute atomic E-state index is 0. The summed E-state index contributed by atoms with van der Waals surface area (Å²) in [5.41, 5.74) is 0. The monoisotopic (exact) mass is 290 g/mol. The molecule has 0 aromatic carbocycles. The van der Waals surface area contributed by atoms with Gasteiger partial charge in [-0.1, -0.05) is 77.2 Å². The van der Waals surface area contributed by atoms with E-state index in [1.165, 1.54) is 77.0 Å². The number of allylic oxidation sites excluding steroid dienone is 1. The Hall–Kier alpha value is 0.259. The van der Waals surface area contributed by atoms with Gasteiger partial charge in [-0.05, 0) is 12.8 Å². The van der Waals surface area contributed by atoms with Crippen LogP contribution in [0, 0.1) is 0 Å². The predicted molar refractivity (Wildman–Crippen MR) is 77.0 cm³/mol. The first-order chi connectivity index (χ1) is 7.41. The van der Waals surface area contributed by atoms with E-state index in [0.29, 0.717) is 0 Å². The summed E-state index contributed by atoms with van der Waals surface area (Å²) < 4.78 is 0. The Bertz CT molecular complexity index is 121. The third-order valence-corrected chi connectivity index (χ3v) is 3.01. The predicted octanol–water partition coefficient (Wildman–Crippen LogP) is 5.49. The van der Waals surface area contributed by atoms with Crippen LogP contribution in [-0.4, -0.2) is 17.1 Å². The Morgan fingerprint density at radius 3 is 1.44 bits per heavy atom. The molecule has 0 aromatic rings. The molecule has 96 valence electrons. The summed E-state index contributed by atoms with van der Waals surface area (Å²) in [5, 5.41) is 0. The fraction of sp³-hybridized carbons (Fsp3) is 0.867. The molecular formula is C15H30Se. The molecule has 0 saturated carbocycles. The van der Waals surface area contributed by atoms with E-state index in [0.717, 1.165) is 0 Å². The molecule has 0 nitrogen and oxygen atoms in total. The van der Waals surface area contributed by atoms with Gasteiger partial charge in [0.25, 0.3) is 0 Å². The smallest absolute Gasteiger partial charge is 0 e. The van der Waals surface area contributed by atoms with Crippen LogP contribution in [-0.2, 0) is 0 Å². The molecule has 0 heterocycles. The van der Waals surface area contributed by atoms with Gasteiger partial charge in [0.1, 0.15) is 0 Å². The molecule has 0 amide bonds. The van der Waals surface area contributed by atoms with Crippen LogP contribution < -0.4 is 0 Å². The molecule has 0 fully saturated rings. The summed E-state index contributed by atoms with van der Waals surface area (Å²) in [6, 6.07) is 0. The zero-order valence-corrected chi connectivity index (χ0v) is 12.9. The van der Waals surface area contributed by atoms with Crippen molar-refractivity contribution >= 4 is 17.1 Å². The third kappa shape index (κ3) is 16.7. The van der Waals surface area contributed by atoms with E-state index in [2.05, 4.69) is 13.5 Å². The molecule has 0 unspecified atom stereocenters. The van der Waals surface area contributed by atoms with Gasteiger partial charge in [-0.15, -0.1) is 6.58 Å². The molecule has 0 aromatic heterocycles. The fourth-order valence-corrected chi connectivity index (χ4v) is 1.95. The molecule has 1 heteroatoms. The number of unbranched alkanes of at least 4 members (excludes halogenated alkanes) is 11. The van der Waals surface area contributed by atoms with E-state index in [9.17, 15) is 0 Å². The quantitative estimate of drug-likeness (QED) is 0.253. The maximum Gasteiger partial charge on any atom is 0 e. The van der Waals surface area contributed by atoms with E-state index in [1.807, 2.05) is 6.08 Å². The molecule has 0 aliphatic carbocycles. The minimum Gasteiger partial charge on any atom is -0.103 e. The average molecular weight is 289 g/mol. The first kappa shape index (κ1) is 18.6. The van der Waals surface area contributed by atoms with Crippen molar-refractivity contribution in [2.75, 3.05) is 0 Å². The molecule has 0 spiro atoms. The first-order valence-electron chi connectivity index (χ1n) is 7.02. The Morgan fingerprint density at radius 2 is 1.06 bits per heavy atom. The number of rotatable bonds is 12. The molecule has 0 atom stereocenters. The topological polar surface area (TPSA) is 0 Å². The van der Waals surface area contributed by atoms with E-state index >= 15 is 0 Å². The van der Waals surface area contributed by atoms with Gasteiger partial charge in [-0.2, -0.15) is 0 Å². The molecular weight excluding hydrogens is 259 g/mol. The van der Waals surface area contributed by atoms with Crippen LogP contribution in [0.15, 0.2) is 12.7 Å². The summed E-state index contributed by atoms with van der Waals surface area (Å²) in [7, 11) is 0. The van der Waals surface area contributed by atoms with Gasteiger partial charge in [0.05, 0.1) is 0 Å². The van der Waals surface area contributed by atoms with Crippen molar-refractivity contribution in [3.05, 3.63) is 12.7 Å². The van der Waals surface area contributed by atoms with Crippen molar-refractivity contribution in [2.24, 2.45) is 0 Å². The molecule has 0 rings (SSSR count). The SMILES string of the molecule is C=CCCCCCCCCCCCCC.[Se]. The first-order valence-corrected chi connectivity index (χ1v) is 7.02. The molecule has 0 saturated heterocycles. The zero-order valence-electron chi connectivity index (χ0n) is 11.2. The van der Waals surface area contributed by atoms with Gasteiger partial charge in [0, 0.05) is 17.1 Å². The van der Waals surface area contributed by atoms with Crippen LogP contribution in [0.4, 0.5) is 0 Å². The second-order valence-electron chi connectivity index (χ2n) is 4.61. The van der Waals surface area contributed by atoms with Gasteiger partial charge in [0.2, 0.25) is 0 Å².